The summed E-state index contributed by atoms with van der Waals surface area (Å²) in [5.41, 5.74) is 7.34. The predicted molar refractivity (Wildman–Crippen MR) is 64.9 cm³/mol. The van der Waals surface area contributed by atoms with Gasteiger partial charge in [0, 0.05) is 12.6 Å². The van der Waals surface area contributed by atoms with Crippen molar-refractivity contribution >= 4 is 5.97 Å². The monoisotopic (exact) mass is 246 g/mol. The minimum absolute atomic E-state index is 0.122. The molecule has 0 fully saturated rings. The highest BCUT2D eigenvalue weighted by atomic mass is 16.4. The number of benzene rings is 1. The molecule has 6 nitrogen and oxygen atoms in total. The van der Waals surface area contributed by atoms with E-state index < -0.39 is 12.0 Å². The molecule has 1 aromatic heterocycles. The van der Waals surface area contributed by atoms with Gasteiger partial charge in [-0.15, -0.1) is 5.10 Å². The summed E-state index contributed by atoms with van der Waals surface area (Å²) in [5, 5.41) is 16.5. The summed E-state index contributed by atoms with van der Waals surface area (Å²) in [6.45, 7) is 0.122. The normalized spacial score (nSPS) is 12.3. The topological polar surface area (TPSA) is 94.0 Å². The standard InChI is InChI=1S/C12H14N4O2/c13-11(12(17)18)8-16-7-10(14-15-16)6-9-4-2-1-3-5-9/h1-5,7,11H,6,8,13H2,(H,17,18). The lowest BCUT2D eigenvalue weighted by molar-refractivity contribution is -0.138. The maximum absolute atomic E-state index is 10.6. The molecule has 0 radical (unpaired) electrons. The third-order valence-corrected chi connectivity index (χ3v) is 2.52. The number of hydrogen-bond acceptors (Lipinski definition) is 4. The van der Waals surface area contributed by atoms with Gasteiger partial charge in [-0.25, -0.2) is 0 Å². The lowest BCUT2D eigenvalue weighted by Gasteiger charge is -2.04. The predicted octanol–water partition coefficient (Wildman–Crippen LogP) is 0.281. The molecule has 6 heteroatoms. The number of nitrogens with two attached hydrogens (primary N) is 1. The van der Waals surface area contributed by atoms with Crippen LogP contribution in [0.3, 0.4) is 0 Å². The highest BCUT2D eigenvalue weighted by Gasteiger charge is 2.13. The molecule has 0 aliphatic rings. The number of aromatic nitrogens is 3. The van der Waals surface area contributed by atoms with E-state index in [4.69, 9.17) is 10.8 Å². The maximum atomic E-state index is 10.6. The number of carbonyl (C=O) groups is 1. The molecule has 0 aliphatic carbocycles. The average Bonchev–Trinajstić information content (AvgIpc) is 2.77. The second-order valence-corrected chi connectivity index (χ2v) is 4.04. The van der Waals surface area contributed by atoms with Gasteiger partial charge in [0.2, 0.25) is 0 Å². The second-order valence-electron chi connectivity index (χ2n) is 4.04. The fourth-order valence-corrected chi connectivity index (χ4v) is 1.59. The Morgan fingerprint density at radius 2 is 2.11 bits per heavy atom. The van der Waals surface area contributed by atoms with Crippen molar-refractivity contribution in [2.75, 3.05) is 0 Å². The molecule has 0 bridgehead atoms. The lowest BCUT2D eigenvalue weighted by Crippen LogP contribution is -2.34. The Balaban J connectivity index is 2.00. The van der Waals surface area contributed by atoms with Crippen molar-refractivity contribution in [1.29, 1.82) is 0 Å². The van der Waals surface area contributed by atoms with Gasteiger partial charge < -0.3 is 10.8 Å². The summed E-state index contributed by atoms with van der Waals surface area (Å²) in [7, 11) is 0. The van der Waals surface area contributed by atoms with Crippen molar-refractivity contribution in [2.45, 2.75) is 19.0 Å². The van der Waals surface area contributed by atoms with Crippen LogP contribution in [0.2, 0.25) is 0 Å². The average molecular weight is 246 g/mol. The summed E-state index contributed by atoms with van der Waals surface area (Å²) in [5.74, 6) is -1.05. The van der Waals surface area contributed by atoms with Crippen LogP contribution in [0.25, 0.3) is 0 Å². The van der Waals surface area contributed by atoms with E-state index in [0.29, 0.717) is 6.42 Å². The first kappa shape index (κ1) is 12.3. The third kappa shape index (κ3) is 3.14. The summed E-state index contributed by atoms with van der Waals surface area (Å²) < 4.78 is 1.46. The van der Waals surface area contributed by atoms with Crippen LogP contribution in [0.15, 0.2) is 36.5 Å². The van der Waals surface area contributed by atoms with Crippen LogP contribution >= 0.6 is 0 Å². The molecule has 2 rings (SSSR count). The number of aliphatic carboxylic acids is 1. The molecule has 0 spiro atoms. The maximum Gasteiger partial charge on any atom is 0.322 e. The number of nitrogens with zero attached hydrogens (tertiary/aromatic N) is 3. The molecule has 0 saturated carbocycles. The quantitative estimate of drug-likeness (QED) is 0.790. The van der Waals surface area contributed by atoms with Gasteiger partial charge >= 0.3 is 5.97 Å². The van der Waals surface area contributed by atoms with Crippen molar-refractivity contribution < 1.29 is 9.90 Å². The molecule has 0 saturated heterocycles. The first-order chi connectivity index (χ1) is 8.65. The fourth-order valence-electron chi connectivity index (χ4n) is 1.59. The fraction of sp³-hybridized carbons (Fsp3) is 0.250. The smallest absolute Gasteiger partial charge is 0.322 e. The van der Waals surface area contributed by atoms with Gasteiger partial charge in [-0.05, 0) is 5.56 Å². The highest BCUT2D eigenvalue weighted by Crippen LogP contribution is 2.06. The van der Waals surface area contributed by atoms with Gasteiger partial charge in [-0.3, -0.25) is 9.48 Å². The Bertz CT molecular complexity index is 524. The van der Waals surface area contributed by atoms with E-state index in [-0.39, 0.29) is 6.54 Å². The van der Waals surface area contributed by atoms with Crippen molar-refractivity contribution in [3.05, 3.63) is 47.8 Å². The van der Waals surface area contributed by atoms with Crippen LogP contribution in [0.1, 0.15) is 11.3 Å². The molecule has 1 heterocycles. The number of rotatable bonds is 5. The summed E-state index contributed by atoms with van der Waals surface area (Å²) in [6, 6.07) is 8.91. The van der Waals surface area contributed by atoms with E-state index in [1.54, 1.807) is 6.20 Å². The van der Waals surface area contributed by atoms with E-state index in [1.165, 1.54) is 4.68 Å². The molecule has 0 aliphatic heterocycles. The van der Waals surface area contributed by atoms with Gasteiger partial charge in [0.25, 0.3) is 0 Å². The molecule has 1 aromatic carbocycles. The van der Waals surface area contributed by atoms with Crippen LogP contribution < -0.4 is 5.73 Å². The Kier molecular flexibility index (Phi) is 3.69. The second kappa shape index (κ2) is 5.42. The van der Waals surface area contributed by atoms with Crippen LogP contribution in [-0.4, -0.2) is 32.1 Å². The van der Waals surface area contributed by atoms with E-state index in [9.17, 15) is 4.79 Å². The third-order valence-electron chi connectivity index (χ3n) is 2.52. The van der Waals surface area contributed by atoms with Crippen molar-refractivity contribution in [3.8, 4) is 0 Å². The van der Waals surface area contributed by atoms with Gasteiger partial charge in [-0.1, -0.05) is 35.5 Å². The molecule has 0 amide bonds. The minimum atomic E-state index is -1.05. The minimum Gasteiger partial charge on any atom is -0.480 e. The molecular formula is C12H14N4O2. The van der Waals surface area contributed by atoms with Crippen LogP contribution in [0.5, 0.6) is 0 Å². The van der Waals surface area contributed by atoms with Crippen LogP contribution in [0.4, 0.5) is 0 Å². The van der Waals surface area contributed by atoms with Gasteiger partial charge in [0.1, 0.15) is 6.04 Å². The first-order valence-electron chi connectivity index (χ1n) is 5.56. The number of hydrogen-bond donors (Lipinski definition) is 2. The molecule has 1 atom stereocenters. The first-order valence-corrected chi connectivity index (χ1v) is 5.56. The van der Waals surface area contributed by atoms with E-state index in [1.807, 2.05) is 30.3 Å². The largest absolute Gasteiger partial charge is 0.480 e. The number of carboxylic acid groups (broad SMARTS) is 1. The Labute approximate surface area is 104 Å². The zero-order valence-electron chi connectivity index (χ0n) is 9.73. The van der Waals surface area contributed by atoms with Gasteiger partial charge in [0.05, 0.1) is 12.2 Å². The Morgan fingerprint density at radius 1 is 1.39 bits per heavy atom. The highest BCUT2D eigenvalue weighted by molar-refractivity contribution is 5.72. The Morgan fingerprint density at radius 3 is 2.78 bits per heavy atom. The van der Waals surface area contributed by atoms with E-state index in [2.05, 4.69) is 10.3 Å². The molecular weight excluding hydrogens is 232 g/mol. The van der Waals surface area contributed by atoms with Gasteiger partial charge in [0.15, 0.2) is 0 Å². The molecule has 1 unspecified atom stereocenters. The summed E-state index contributed by atoms with van der Waals surface area (Å²) >= 11 is 0. The molecule has 3 N–H and O–H groups in total. The zero-order chi connectivity index (χ0) is 13.0. The van der Waals surface area contributed by atoms with E-state index in [0.717, 1.165) is 11.3 Å². The Hall–Kier alpha value is -2.21. The molecule has 18 heavy (non-hydrogen) atoms. The van der Waals surface area contributed by atoms with Gasteiger partial charge in [-0.2, -0.15) is 0 Å². The zero-order valence-corrected chi connectivity index (χ0v) is 9.73. The summed E-state index contributed by atoms with van der Waals surface area (Å²) in [6.07, 6.45) is 2.39. The molecule has 2 aromatic rings. The van der Waals surface area contributed by atoms with Crippen LogP contribution in [0, 0.1) is 0 Å². The number of carboxylic acids is 1. The van der Waals surface area contributed by atoms with Crippen molar-refractivity contribution in [2.24, 2.45) is 5.73 Å². The SMILES string of the molecule is NC(Cn1cc(Cc2ccccc2)nn1)C(=O)O. The van der Waals surface area contributed by atoms with Crippen LogP contribution in [-0.2, 0) is 17.8 Å². The van der Waals surface area contributed by atoms with Crippen molar-refractivity contribution in [3.63, 3.8) is 0 Å². The molecule has 94 valence electrons. The van der Waals surface area contributed by atoms with Crippen molar-refractivity contribution in [1.82, 2.24) is 15.0 Å². The lowest BCUT2D eigenvalue weighted by atomic mass is 10.1. The van der Waals surface area contributed by atoms with E-state index >= 15 is 0 Å². The summed E-state index contributed by atoms with van der Waals surface area (Å²) in [4.78, 5) is 10.6.